The van der Waals surface area contributed by atoms with Crippen LogP contribution in [-0.2, 0) is 4.79 Å². The second-order valence-electron chi connectivity index (χ2n) is 6.01. The van der Waals surface area contributed by atoms with E-state index in [0.717, 1.165) is 11.8 Å². The molecule has 0 aliphatic heterocycles. The van der Waals surface area contributed by atoms with Crippen LogP contribution >= 0.6 is 0 Å². The Kier molecular flexibility index (Phi) is 2.34. The van der Waals surface area contributed by atoms with Crippen molar-refractivity contribution in [2.45, 2.75) is 39.0 Å². The van der Waals surface area contributed by atoms with E-state index >= 15 is 0 Å². The molecule has 0 heterocycles. The molecule has 0 aromatic heterocycles. The molecule has 0 aromatic carbocycles. The SMILES string of the molecule is C/C=C(\C(=O)O)C1C2CC3CC(C2)CC1C3. The number of carboxylic acids is 1. The first kappa shape index (κ1) is 10.4. The Morgan fingerprint density at radius 3 is 1.94 bits per heavy atom. The lowest BCUT2D eigenvalue weighted by atomic mass is 9.50. The predicted octanol–water partition coefficient (Wildman–Crippen LogP) is 3.09. The molecule has 2 heteroatoms. The van der Waals surface area contributed by atoms with Crippen LogP contribution in [0.3, 0.4) is 0 Å². The molecule has 16 heavy (non-hydrogen) atoms. The summed E-state index contributed by atoms with van der Waals surface area (Å²) in [4.78, 5) is 11.3. The third-order valence-electron chi connectivity index (χ3n) is 5.14. The van der Waals surface area contributed by atoms with Crippen molar-refractivity contribution in [3.05, 3.63) is 11.6 Å². The zero-order valence-electron chi connectivity index (χ0n) is 9.86. The van der Waals surface area contributed by atoms with E-state index in [4.69, 9.17) is 0 Å². The highest BCUT2D eigenvalue weighted by molar-refractivity contribution is 5.87. The molecule has 4 bridgehead atoms. The minimum Gasteiger partial charge on any atom is -0.478 e. The van der Waals surface area contributed by atoms with E-state index in [-0.39, 0.29) is 0 Å². The van der Waals surface area contributed by atoms with Gasteiger partial charge in [0.1, 0.15) is 0 Å². The third kappa shape index (κ3) is 1.42. The standard InChI is InChI=1S/C14H20O2/c1-2-12(14(15)16)13-10-4-8-3-9(6-10)7-11(13)5-8/h2,8-11,13H,3-7H2,1H3,(H,15,16)/b12-2-. The van der Waals surface area contributed by atoms with Crippen LogP contribution in [0.15, 0.2) is 11.6 Å². The van der Waals surface area contributed by atoms with Gasteiger partial charge in [0.2, 0.25) is 0 Å². The summed E-state index contributed by atoms with van der Waals surface area (Å²) in [6, 6.07) is 0. The fourth-order valence-corrected chi connectivity index (χ4v) is 4.89. The van der Waals surface area contributed by atoms with Gasteiger partial charge in [-0.2, -0.15) is 0 Å². The van der Waals surface area contributed by atoms with Crippen molar-refractivity contribution in [2.24, 2.45) is 29.6 Å². The number of hydrogen-bond acceptors (Lipinski definition) is 1. The van der Waals surface area contributed by atoms with Gasteiger partial charge in [-0.15, -0.1) is 0 Å². The van der Waals surface area contributed by atoms with Gasteiger partial charge in [-0.25, -0.2) is 4.79 Å². The lowest BCUT2D eigenvalue weighted by Gasteiger charge is -2.54. The summed E-state index contributed by atoms with van der Waals surface area (Å²) in [7, 11) is 0. The molecule has 4 rings (SSSR count). The quantitative estimate of drug-likeness (QED) is 0.726. The normalized spacial score (nSPS) is 46.1. The van der Waals surface area contributed by atoms with E-state index in [1.807, 2.05) is 13.0 Å². The maximum Gasteiger partial charge on any atom is 0.331 e. The van der Waals surface area contributed by atoms with Gasteiger partial charge < -0.3 is 5.11 Å². The highest BCUT2D eigenvalue weighted by Crippen LogP contribution is 2.58. The summed E-state index contributed by atoms with van der Waals surface area (Å²) in [5, 5.41) is 9.29. The first-order valence-corrected chi connectivity index (χ1v) is 6.58. The molecule has 0 unspecified atom stereocenters. The molecule has 0 aromatic rings. The van der Waals surface area contributed by atoms with E-state index in [0.29, 0.717) is 23.3 Å². The minimum atomic E-state index is -0.681. The molecule has 4 aliphatic rings. The summed E-state index contributed by atoms with van der Waals surface area (Å²) < 4.78 is 0. The lowest BCUT2D eigenvalue weighted by molar-refractivity contribution is -0.135. The zero-order valence-corrected chi connectivity index (χ0v) is 9.86. The van der Waals surface area contributed by atoms with Gasteiger partial charge in [0, 0.05) is 5.57 Å². The Labute approximate surface area is 96.7 Å². The van der Waals surface area contributed by atoms with E-state index in [9.17, 15) is 9.90 Å². The van der Waals surface area contributed by atoms with Crippen molar-refractivity contribution in [1.82, 2.24) is 0 Å². The fraction of sp³-hybridized carbons (Fsp3) is 0.786. The van der Waals surface area contributed by atoms with E-state index < -0.39 is 5.97 Å². The topological polar surface area (TPSA) is 37.3 Å². The van der Waals surface area contributed by atoms with Gasteiger partial charge in [-0.1, -0.05) is 6.08 Å². The molecule has 4 fully saturated rings. The second kappa shape index (κ2) is 3.61. The number of rotatable bonds is 2. The number of allylic oxidation sites excluding steroid dienone is 1. The number of carbonyl (C=O) groups is 1. The molecular formula is C14H20O2. The highest BCUT2D eigenvalue weighted by Gasteiger charge is 2.49. The summed E-state index contributed by atoms with van der Waals surface area (Å²) >= 11 is 0. The molecule has 1 N–H and O–H groups in total. The predicted molar refractivity (Wildman–Crippen MR) is 61.9 cm³/mol. The van der Waals surface area contributed by atoms with Crippen molar-refractivity contribution in [3.8, 4) is 0 Å². The maximum absolute atomic E-state index is 11.3. The first-order valence-electron chi connectivity index (χ1n) is 6.58. The molecule has 4 saturated carbocycles. The summed E-state index contributed by atoms with van der Waals surface area (Å²) in [6.07, 6.45) is 8.45. The largest absolute Gasteiger partial charge is 0.478 e. The molecule has 0 atom stereocenters. The van der Waals surface area contributed by atoms with Crippen molar-refractivity contribution in [2.75, 3.05) is 0 Å². The van der Waals surface area contributed by atoms with Crippen LogP contribution in [0, 0.1) is 29.6 Å². The van der Waals surface area contributed by atoms with Gasteiger partial charge in [0.05, 0.1) is 0 Å². The van der Waals surface area contributed by atoms with Crippen molar-refractivity contribution in [3.63, 3.8) is 0 Å². The van der Waals surface area contributed by atoms with Gasteiger partial charge in [-0.3, -0.25) is 0 Å². The molecule has 88 valence electrons. The van der Waals surface area contributed by atoms with E-state index in [1.165, 1.54) is 32.1 Å². The van der Waals surface area contributed by atoms with Crippen LogP contribution in [0.1, 0.15) is 39.0 Å². The Hall–Kier alpha value is -0.790. The van der Waals surface area contributed by atoms with Gasteiger partial charge in [-0.05, 0) is 68.6 Å². The molecule has 0 amide bonds. The monoisotopic (exact) mass is 220 g/mol. The molecule has 0 spiro atoms. The second-order valence-corrected chi connectivity index (χ2v) is 6.01. The van der Waals surface area contributed by atoms with Crippen LogP contribution in [-0.4, -0.2) is 11.1 Å². The van der Waals surface area contributed by atoms with Crippen LogP contribution in [0.5, 0.6) is 0 Å². The Bertz CT molecular complexity index is 315. The molecule has 4 aliphatic carbocycles. The minimum absolute atomic E-state index is 0.371. The summed E-state index contributed by atoms with van der Waals surface area (Å²) in [5.74, 6) is 2.89. The zero-order chi connectivity index (χ0) is 11.3. The number of aliphatic carboxylic acids is 1. The Morgan fingerprint density at radius 2 is 1.56 bits per heavy atom. The van der Waals surface area contributed by atoms with Gasteiger partial charge >= 0.3 is 5.97 Å². The fourth-order valence-electron chi connectivity index (χ4n) is 4.89. The van der Waals surface area contributed by atoms with Gasteiger partial charge in [0.15, 0.2) is 0 Å². The van der Waals surface area contributed by atoms with Crippen LogP contribution in [0.2, 0.25) is 0 Å². The summed E-state index contributed by atoms with van der Waals surface area (Å²) in [6.45, 7) is 1.88. The lowest BCUT2D eigenvalue weighted by Crippen LogP contribution is -2.46. The van der Waals surface area contributed by atoms with E-state index in [2.05, 4.69) is 0 Å². The maximum atomic E-state index is 11.3. The van der Waals surface area contributed by atoms with Gasteiger partial charge in [0.25, 0.3) is 0 Å². The average Bonchev–Trinajstić information content (AvgIpc) is 2.21. The number of carboxylic acid groups (broad SMARTS) is 1. The summed E-state index contributed by atoms with van der Waals surface area (Å²) in [5.41, 5.74) is 0.703. The molecule has 0 radical (unpaired) electrons. The average molecular weight is 220 g/mol. The Balaban J connectivity index is 1.89. The molecular weight excluding hydrogens is 200 g/mol. The molecule has 0 saturated heterocycles. The smallest absolute Gasteiger partial charge is 0.331 e. The highest BCUT2D eigenvalue weighted by atomic mass is 16.4. The number of hydrogen-bond donors (Lipinski definition) is 1. The van der Waals surface area contributed by atoms with Crippen molar-refractivity contribution >= 4 is 5.97 Å². The van der Waals surface area contributed by atoms with Crippen LogP contribution < -0.4 is 0 Å². The van der Waals surface area contributed by atoms with Crippen LogP contribution in [0.4, 0.5) is 0 Å². The third-order valence-corrected chi connectivity index (χ3v) is 5.14. The van der Waals surface area contributed by atoms with E-state index in [1.54, 1.807) is 0 Å². The van der Waals surface area contributed by atoms with Crippen molar-refractivity contribution < 1.29 is 9.90 Å². The first-order chi connectivity index (χ1) is 7.69. The molecule has 2 nitrogen and oxygen atoms in total. The Morgan fingerprint density at radius 1 is 1.06 bits per heavy atom. The van der Waals surface area contributed by atoms with Crippen molar-refractivity contribution in [1.29, 1.82) is 0 Å². The van der Waals surface area contributed by atoms with Crippen LogP contribution in [0.25, 0.3) is 0 Å².